The number of aliphatic hydroxyl groups is 1. The van der Waals surface area contributed by atoms with E-state index in [0.717, 1.165) is 12.1 Å². The van der Waals surface area contributed by atoms with Crippen molar-refractivity contribution in [1.29, 1.82) is 0 Å². The Balaban J connectivity index is 1.63. The first-order chi connectivity index (χ1) is 14.6. The Kier molecular flexibility index (Phi) is 6.89. The fraction of sp³-hybridized carbons (Fsp3) is 0.450. The highest BCUT2D eigenvalue weighted by atomic mass is 32.2. The molecule has 1 heterocycles. The second-order valence-electron chi connectivity index (χ2n) is 7.50. The summed E-state index contributed by atoms with van der Waals surface area (Å²) in [6.07, 6.45) is 2.12. The van der Waals surface area contributed by atoms with Crippen molar-refractivity contribution in [2.24, 2.45) is 0 Å². The van der Waals surface area contributed by atoms with Crippen molar-refractivity contribution in [3.8, 4) is 0 Å². The minimum Gasteiger partial charge on any atom is -0.394 e. The largest absolute Gasteiger partial charge is 0.416 e. The Hall–Kier alpha value is -2.21. The number of benzene rings is 1. The summed E-state index contributed by atoms with van der Waals surface area (Å²) < 4.78 is 64.0. The summed E-state index contributed by atoms with van der Waals surface area (Å²) in [5, 5.41) is 15.4. The second kappa shape index (κ2) is 9.11. The van der Waals surface area contributed by atoms with Crippen LogP contribution in [0.4, 0.5) is 13.2 Å². The average molecular weight is 459 g/mol. The molecule has 170 valence electrons. The zero-order valence-corrected chi connectivity index (χ0v) is 17.4. The van der Waals surface area contributed by atoms with Crippen LogP contribution in [-0.4, -0.2) is 60.8 Å². The van der Waals surface area contributed by atoms with Gasteiger partial charge in [0.15, 0.2) is 0 Å². The average Bonchev–Trinajstić information content (AvgIpc) is 2.77. The topological polar surface area (TPSA) is 98.7 Å². The molecule has 0 bridgehead atoms. The van der Waals surface area contributed by atoms with Gasteiger partial charge in [0, 0.05) is 26.2 Å². The third kappa shape index (κ3) is 5.00. The smallest absolute Gasteiger partial charge is 0.394 e. The molecule has 0 radical (unpaired) electrons. The number of piperazine rings is 1. The van der Waals surface area contributed by atoms with Gasteiger partial charge in [-0.15, -0.1) is 0 Å². The molecule has 1 aromatic rings. The quantitative estimate of drug-likeness (QED) is 0.593. The van der Waals surface area contributed by atoms with Gasteiger partial charge in [0.25, 0.3) is 0 Å². The lowest BCUT2D eigenvalue weighted by Crippen LogP contribution is -2.61. The number of sulfonamides is 1. The van der Waals surface area contributed by atoms with Gasteiger partial charge in [0.1, 0.15) is 10.8 Å². The van der Waals surface area contributed by atoms with E-state index in [0.29, 0.717) is 5.56 Å². The van der Waals surface area contributed by atoms with Gasteiger partial charge in [-0.1, -0.05) is 36.4 Å². The normalized spacial score (nSPS) is 24.8. The van der Waals surface area contributed by atoms with Crippen molar-refractivity contribution >= 4 is 15.9 Å². The molecule has 31 heavy (non-hydrogen) atoms. The van der Waals surface area contributed by atoms with Crippen LogP contribution in [0.3, 0.4) is 0 Å². The Morgan fingerprint density at radius 3 is 2.55 bits per heavy atom. The van der Waals surface area contributed by atoms with E-state index in [2.05, 4.69) is 10.6 Å². The van der Waals surface area contributed by atoms with Crippen molar-refractivity contribution in [3.63, 3.8) is 0 Å². The molecule has 2 atom stereocenters. The summed E-state index contributed by atoms with van der Waals surface area (Å²) in [6, 6.07) is 3.62. The van der Waals surface area contributed by atoms with Crippen LogP contribution < -0.4 is 10.6 Å². The van der Waals surface area contributed by atoms with Gasteiger partial charge >= 0.3 is 6.18 Å². The monoisotopic (exact) mass is 459 g/mol. The van der Waals surface area contributed by atoms with Gasteiger partial charge in [-0.2, -0.15) is 17.5 Å². The van der Waals surface area contributed by atoms with Gasteiger partial charge in [-0.05, 0) is 24.1 Å². The number of hydrogen-bond acceptors (Lipinski definition) is 5. The van der Waals surface area contributed by atoms with E-state index in [1.807, 2.05) is 0 Å². The highest BCUT2D eigenvalue weighted by Gasteiger charge is 2.46. The number of rotatable bonds is 6. The van der Waals surface area contributed by atoms with Crippen LogP contribution >= 0.6 is 0 Å². The molecule has 1 amide bonds. The molecule has 11 heteroatoms. The number of hydrogen-bond donors (Lipinski definition) is 3. The fourth-order valence-corrected chi connectivity index (χ4v) is 5.44. The Morgan fingerprint density at radius 1 is 1.26 bits per heavy atom. The van der Waals surface area contributed by atoms with Crippen molar-refractivity contribution in [1.82, 2.24) is 14.9 Å². The summed E-state index contributed by atoms with van der Waals surface area (Å²) in [6.45, 7) is -0.273. The van der Waals surface area contributed by atoms with Crippen LogP contribution in [0.25, 0.3) is 0 Å². The van der Waals surface area contributed by atoms with Gasteiger partial charge in [0.2, 0.25) is 15.9 Å². The number of nitrogens with one attached hydrogen (secondary N) is 2. The highest BCUT2D eigenvalue weighted by molar-refractivity contribution is 7.90. The number of nitrogens with zero attached hydrogens (tertiary/aromatic N) is 1. The molecular weight excluding hydrogens is 435 g/mol. The predicted molar refractivity (Wildman–Crippen MR) is 108 cm³/mol. The molecule has 1 fully saturated rings. The summed E-state index contributed by atoms with van der Waals surface area (Å²) in [7, 11) is -3.93. The molecular formula is C20H24F3N3O4S. The molecule has 2 aliphatic rings. The standard InChI is InChI=1S/C20H24F3N3O4S/c21-20(22,23)16-6-4-15(5-7-16)12-25-18(28)17-13-26(11-10-24-17)31(29,30)19(14-27)8-2-1-3-9-19/h1-8,17,24,27H,9-14H2,(H,25,28). The highest BCUT2D eigenvalue weighted by Crippen LogP contribution is 2.31. The van der Waals surface area contributed by atoms with E-state index in [9.17, 15) is 31.5 Å². The number of allylic oxidation sites excluding steroid dienone is 3. The van der Waals surface area contributed by atoms with Crippen LogP contribution in [0.15, 0.2) is 48.6 Å². The van der Waals surface area contributed by atoms with Crippen LogP contribution in [0.1, 0.15) is 17.5 Å². The lowest BCUT2D eigenvalue weighted by molar-refractivity contribution is -0.137. The van der Waals surface area contributed by atoms with Crippen molar-refractivity contribution in [2.75, 3.05) is 26.2 Å². The number of carbonyl (C=O) groups is 1. The summed E-state index contributed by atoms with van der Waals surface area (Å²) >= 11 is 0. The molecule has 1 aliphatic heterocycles. The molecule has 0 spiro atoms. The lowest BCUT2D eigenvalue weighted by atomic mass is 10.0. The minimum absolute atomic E-state index is 0.00993. The van der Waals surface area contributed by atoms with E-state index in [1.165, 1.54) is 22.5 Å². The maximum atomic E-state index is 13.2. The Labute approximate surface area is 178 Å². The van der Waals surface area contributed by atoms with E-state index in [4.69, 9.17) is 0 Å². The number of amides is 1. The first-order valence-electron chi connectivity index (χ1n) is 9.71. The van der Waals surface area contributed by atoms with Crippen LogP contribution in [0.5, 0.6) is 0 Å². The number of carbonyl (C=O) groups excluding carboxylic acids is 1. The van der Waals surface area contributed by atoms with Crippen molar-refractivity contribution in [3.05, 3.63) is 59.7 Å². The predicted octanol–water partition coefficient (Wildman–Crippen LogP) is 1.17. The summed E-state index contributed by atoms with van der Waals surface area (Å²) in [5.74, 6) is -0.461. The minimum atomic E-state index is -4.43. The lowest BCUT2D eigenvalue weighted by Gasteiger charge is -2.38. The van der Waals surface area contributed by atoms with E-state index in [1.54, 1.807) is 18.2 Å². The first kappa shape index (κ1) is 23.5. The fourth-order valence-electron chi connectivity index (χ4n) is 3.53. The van der Waals surface area contributed by atoms with Gasteiger partial charge in [-0.3, -0.25) is 4.79 Å². The van der Waals surface area contributed by atoms with Crippen LogP contribution in [0, 0.1) is 0 Å². The SMILES string of the molecule is O=C(NCc1ccc(C(F)(F)F)cc1)C1CN(S(=O)(=O)C2(CO)C=CC=CC2)CCN1. The molecule has 1 aliphatic carbocycles. The maximum absolute atomic E-state index is 13.2. The zero-order valence-electron chi connectivity index (χ0n) is 16.6. The maximum Gasteiger partial charge on any atom is 0.416 e. The molecule has 0 saturated carbocycles. The molecule has 0 aromatic heterocycles. The number of halogens is 3. The second-order valence-corrected chi connectivity index (χ2v) is 9.78. The van der Waals surface area contributed by atoms with E-state index < -0.39 is 45.1 Å². The molecule has 1 aromatic carbocycles. The summed E-state index contributed by atoms with van der Waals surface area (Å²) in [5.41, 5.74) is -0.290. The van der Waals surface area contributed by atoms with Crippen molar-refractivity contribution in [2.45, 2.75) is 29.9 Å². The molecule has 2 unspecified atom stereocenters. The van der Waals surface area contributed by atoms with Crippen molar-refractivity contribution < 1.29 is 31.5 Å². The molecule has 7 nitrogen and oxygen atoms in total. The third-order valence-electron chi connectivity index (χ3n) is 5.43. The Bertz CT molecular complexity index is 961. The summed E-state index contributed by atoms with van der Waals surface area (Å²) in [4.78, 5) is 12.5. The molecule has 1 saturated heterocycles. The molecule has 3 rings (SSSR count). The number of aliphatic hydroxyl groups excluding tert-OH is 1. The zero-order chi connectivity index (χ0) is 22.7. The molecule has 3 N–H and O–H groups in total. The van der Waals surface area contributed by atoms with Gasteiger partial charge in [0.05, 0.1) is 12.2 Å². The van der Waals surface area contributed by atoms with Gasteiger partial charge in [-0.25, -0.2) is 8.42 Å². The van der Waals surface area contributed by atoms with Gasteiger partial charge < -0.3 is 15.7 Å². The van der Waals surface area contributed by atoms with Crippen LogP contribution in [0.2, 0.25) is 0 Å². The first-order valence-corrected chi connectivity index (χ1v) is 11.2. The van der Waals surface area contributed by atoms with E-state index >= 15 is 0 Å². The third-order valence-corrected chi connectivity index (χ3v) is 7.91. The Morgan fingerprint density at radius 2 is 1.97 bits per heavy atom. The van der Waals surface area contributed by atoms with E-state index in [-0.39, 0.29) is 32.6 Å². The van der Waals surface area contributed by atoms with Crippen LogP contribution in [-0.2, 0) is 27.5 Å². The number of alkyl halides is 3.